The maximum Gasteiger partial charge on any atom is 0.135 e. The summed E-state index contributed by atoms with van der Waals surface area (Å²) in [6, 6.07) is 3.46. The van der Waals surface area contributed by atoms with Crippen LogP contribution in [0.15, 0.2) is 23.4 Å². The minimum absolute atomic E-state index is 0.0781. The van der Waals surface area contributed by atoms with E-state index in [1.165, 1.54) is 13.0 Å². The molecule has 0 aliphatic heterocycles. The quantitative estimate of drug-likeness (QED) is 0.392. The molecular weight excluding hydrogens is 164 g/mol. The molecular formula is C8H7F2NO. The molecule has 0 bridgehead atoms. The summed E-state index contributed by atoms with van der Waals surface area (Å²) in [5.74, 6) is -1.46. The van der Waals surface area contributed by atoms with Gasteiger partial charge < -0.3 is 5.21 Å². The number of rotatable bonds is 1. The fourth-order valence-corrected chi connectivity index (χ4v) is 0.893. The Morgan fingerprint density at radius 2 is 1.83 bits per heavy atom. The van der Waals surface area contributed by atoms with E-state index in [4.69, 9.17) is 5.21 Å². The zero-order valence-corrected chi connectivity index (χ0v) is 6.38. The van der Waals surface area contributed by atoms with Crippen molar-refractivity contribution in [2.24, 2.45) is 5.16 Å². The van der Waals surface area contributed by atoms with Crippen molar-refractivity contribution in [3.8, 4) is 0 Å². The Labute approximate surface area is 68.1 Å². The van der Waals surface area contributed by atoms with E-state index in [1.807, 2.05) is 0 Å². The van der Waals surface area contributed by atoms with Gasteiger partial charge in [-0.2, -0.15) is 0 Å². The van der Waals surface area contributed by atoms with Gasteiger partial charge in [-0.25, -0.2) is 8.78 Å². The van der Waals surface area contributed by atoms with Gasteiger partial charge in [-0.05, 0) is 19.1 Å². The average Bonchev–Trinajstić information content (AvgIpc) is 2.03. The summed E-state index contributed by atoms with van der Waals surface area (Å²) in [5, 5.41) is 11.0. The largest absolute Gasteiger partial charge is 0.411 e. The fraction of sp³-hybridized carbons (Fsp3) is 0.125. The molecule has 1 rings (SSSR count). The van der Waals surface area contributed by atoms with Gasteiger partial charge in [-0.3, -0.25) is 0 Å². The van der Waals surface area contributed by atoms with Crippen molar-refractivity contribution in [1.29, 1.82) is 0 Å². The molecule has 4 heteroatoms. The van der Waals surface area contributed by atoms with Crippen LogP contribution < -0.4 is 0 Å². The first-order valence-electron chi connectivity index (χ1n) is 3.30. The molecule has 0 spiro atoms. The van der Waals surface area contributed by atoms with Crippen LogP contribution in [-0.2, 0) is 0 Å². The predicted octanol–water partition coefficient (Wildman–Crippen LogP) is 2.16. The van der Waals surface area contributed by atoms with Crippen LogP contribution >= 0.6 is 0 Å². The van der Waals surface area contributed by atoms with Crippen LogP contribution in [0.3, 0.4) is 0 Å². The highest BCUT2D eigenvalue weighted by molar-refractivity contribution is 5.98. The van der Waals surface area contributed by atoms with Gasteiger partial charge in [-0.1, -0.05) is 11.2 Å². The molecule has 0 saturated carbocycles. The van der Waals surface area contributed by atoms with Gasteiger partial charge in [0, 0.05) is 0 Å². The smallest absolute Gasteiger partial charge is 0.135 e. The highest BCUT2D eigenvalue weighted by Crippen LogP contribution is 2.12. The molecule has 0 atom stereocenters. The van der Waals surface area contributed by atoms with Crippen LogP contribution in [-0.4, -0.2) is 10.9 Å². The average molecular weight is 171 g/mol. The van der Waals surface area contributed by atoms with E-state index in [0.29, 0.717) is 0 Å². The second kappa shape index (κ2) is 3.30. The highest BCUT2D eigenvalue weighted by atomic mass is 19.1. The lowest BCUT2D eigenvalue weighted by Gasteiger charge is -2.00. The topological polar surface area (TPSA) is 32.6 Å². The molecule has 1 aromatic rings. The van der Waals surface area contributed by atoms with E-state index in [2.05, 4.69) is 5.16 Å². The number of nitrogens with zero attached hydrogens (tertiary/aromatic N) is 1. The van der Waals surface area contributed by atoms with Crippen LogP contribution in [0.1, 0.15) is 12.5 Å². The van der Waals surface area contributed by atoms with Crippen molar-refractivity contribution in [3.63, 3.8) is 0 Å². The number of halogens is 2. The van der Waals surface area contributed by atoms with Crippen molar-refractivity contribution in [3.05, 3.63) is 35.4 Å². The van der Waals surface area contributed by atoms with E-state index in [0.717, 1.165) is 12.1 Å². The normalized spacial score (nSPS) is 11.8. The molecule has 1 aromatic carbocycles. The second-order valence-electron chi connectivity index (χ2n) is 2.28. The third kappa shape index (κ3) is 1.42. The summed E-state index contributed by atoms with van der Waals surface area (Å²) in [6.45, 7) is 1.32. The Balaban J connectivity index is 3.31. The SMILES string of the molecule is C/C(=N\O)c1c(F)cccc1F. The van der Waals surface area contributed by atoms with Crippen LogP contribution in [0, 0.1) is 11.6 Å². The summed E-state index contributed by atoms with van der Waals surface area (Å²) < 4.78 is 25.7. The lowest BCUT2D eigenvalue weighted by Crippen LogP contribution is -2.02. The van der Waals surface area contributed by atoms with Crippen LogP contribution in [0.5, 0.6) is 0 Å². The number of oxime groups is 1. The third-order valence-corrected chi connectivity index (χ3v) is 1.47. The first kappa shape index (κ1) is 8.64. The molecule has 0 radical (unpaired) electrons. The zero-order valence-electron chi connectivity index (χ0n) is 6.38. The number of hydrogen-bond acceptors (Lipinski definition) is 2. The predicted molar refractivity (Wildman–Crippen MR) is 40.4 cm³/mol. The molecule has 64 valence electrons. The highest BCUT2D eigenvalue weighted by Gasteiger charge is 2.10. The van der Waals surface area contributed by atoms with Crippen molar-refractivity contribution in [1.82, 2.24) is 0 Å². The van der Waals surface area contributed by atoms with Crippen molar-refractivity contribution >= 4 is 5.71 Å². The Hall–Kier alpha value is -1.45. The lowest BCUT2D eigenvalue weighted by molar-refractivity contribution is 0.318. The van der Waals surface area contributed by atoms with Gasteiger partial charge in [0.2, 0.25) is 0 Å². The van der Waals surface area contributed by atoms with E-state index >= 15 is 0 Å². The van der Waals surface area contributed by atoms with Crippen molar-refractivity contribution in [2.45, 2.75) is 6.92 Å². The van der Waals surface area contributed by atoms with Crippen LogP contribution in [0.25, 0.3) is 0 Å². The maximum absolute atomic E-state index is 12.9. The molecule has 12 heavy (non-hydrogen) atoms. The first-order chi connectivity index (χ1) is 5.66. The van der Waals surface area contributed by atoms with E-state index < -0.39 is 11.6 Å². The maximum atomic E-state index is 12.9. The monoisotopic (exact) mass is 171 g/mol. The van der Waals surface area contributed by atoms with E-state index in [-0.39, 0.29) is 11.3 Å². The lowest BCUT2D eigenvalue weighted by atomic mass is 10.1. The van der Waals surface area contributed by atoms with Crippen LogP contribution in [0.4, 0.5) is 8.78 Å². The summed E-state index contributed by atoms with van der Waals surface area (Å²) >= 11 is 0. The van der Waals surface area contributed by atoms with Crippen molar-refractivity contribution in [2.75, 3.05) is 0 Å². The van der Waals surface area contributed by atoms with E-state index in [1.54, 1.807) is 0 Å². The number of hydrogen-bond donors (Lipinski definition) is 1. The Morgan fingerprint density at radius 3 is 2.25 bits per heavy atom. The molecule has 0 aliphatic rings. The van der Waals surface area contributed by atoms with Gasteiger partial charge in [0.25, 0.3) is 0 Å². The summed E-state index contributed by atoms with van der Waals surface area (Å²) in [6.07, 6.45) is 0. The van der Waals surface area contributed by atoms with Gasteiger partial charge in [0.1, 0.15) is 11.6 Å². The van der Waals surface area contributed by atoms with Gasteiger partial charge in [0.05, 0.1) is 11.3 Å². The molecule has 0 aliphatic carbocycles. The Kier molecular flexibility index (Phi) is 2.38. The third-order valence-electron chi connectivity index (χ3n) is 1.47. The van der Waals surface area contributed by atoms with Crippen molar-refractivity contribution < 1.29 is 14.0 Å². The van der Waals surface area contributed by atoms with E-state index in [9.17, 15) is 8.78 Å². The molecule has 0 amide bonds. The minimum Gasteiger partial charge on any atom is -0.411 e. The zero-order chi connectivity index (χ0) is 9.14. The van der Waals surface area contributed by atoms with Gasteiger partial charge in [0.15, 0.2) is 0 Å². The molecule has 0 aromatic heterocycles. The second-order valence-corrected chi connectivity index (χ2v) is 2.28. The Morgan fingerprint density at radius 1 is 1.33 bits per heavy atom. The van der Waals surface area contributed by atoms with Crippen LogP contribution in [0.2, 0.25) is 0 Å². The fourth-order valence-electron chi connectivity index (χ4n) is 0.893. The van der Waals surface area contributed by atoms with Gasteiger partial charge in [-0.15, -0.1) is 0 Å². The summed E-state index contributed by atoms with van der Waals surface area (Å²) in [7, 11) is 0. The van der Waals surface area contributed by atoms with Gasteiger partial charge >= 0.3 is 0 Å². The molecule has 0 unspecified atom stereocenters. The molecule has 0 saturated heterocycles. The first-order valence-corrected chi connectivity index (χ1v) is 3.30. The standard InChI is InChI=1S/C8H7F2NO/c1-5(11-12)8-6(9)3-2-4-7(8)10/h2-4,12H,1H3/b11-5+. The molecule has 2 nitrogen and oxygen atoms in total. The summed E-state index contributed by atoms with van der Waals surface area (Å²) in [4.78, 5) is 0. The Bertz CT molecular complexity index is 303. The molecule has 0 fully saturated rings. The minimum atomic E-state index is -0.731. The molecule has 0 heterocycles. The molecule has 1 N–H and O–H groups in total. The number of benzene rings is 1. The summed E-state index contributed by atoms with van der Waals surface area (Å²) in [5.41, 5.74) is -0.370.